The predicted molar refractivity (Wildman–Crippen MR) is 86.1 cm³/mol. The van der Waals surface area contributed by atoms with Gasteiger partial charge in [0.1, 0.15) is 17.4 Å². The molecule has 1 amide bonds. The fraction of sp³-hybridized carbons (Fsp3) is 0.562. The van der Waals surface area contributed by atoms with Crippen molar-refractivity contribution >= 4 is 23.2 Å². The van der Waals surface area contributed by atoms with Crippen molar-refractivity contribution in [3.05, 3.63) is 22.7 Å². The van der Waals surface area contributed by atoms with Gasteiger partial charge in [-0.1, -0.05) is 25.4 Å². The minimum absolute atomic E-state index is 0.0404. The number of benzene rings is 1. The Kier molecular flexibility index (Phi) is 4.79. The molecule has 2 N–H and O–H groups in total. The number of halogens is 1. The standard InChI is InChI=1S/C16H23ClN2O2/c1-5-7-18-14-10-8-11(17)13(21-16(3,4)6-2)9-12(10)19-15(14)20/h8-9,14,18H,5-7H2,1-4H3,(H,19,20). The normalized spacial score (nSPS) is 17.6. The number of hydrogen-bond acceptors (Lipinski definition) is 3. The maximum absolute atomic E-state index is 12.0. The van der Waals surface area contributed by atoms with Crippen molar-refractivity contribution in [1.29, 1.82) is 0 Å². The first kappa shape index (κ1) is 16.1. The Morgan fingerprint density at radius 2 is 2.10 bits per heavy atom. The second-order valence-corrected chi connectivity index (χ2v) is 6.37. The Morgan fingerprint density at radius 3 is 2.71 bits per heavy atom. The van der Waals surface area contributed by atoms with Crippen molar-refractivity contribution in [2.24, 2.45) is 0 Å². The molecule has 1 aromatic carbocycles. The molecule has 0 spiro atoms. The van der Waals surface area contributed by atoms with Gasteiger partial charge in [-0.05, 0) is 39.3 Å². The summed E-state index contributed by atoms with van der Waals surface area (Å²) >= 11 is 6.33. The lowest BCUT2D eigenvalue weighted by Crippen LogP contribution is -2.28. The molecule has 1 aromatic rings. The molecule has 0 saturated heterocycles. The molecule has 0 aromatic heterocycles. The monoisotopic (exact) mass is 310 g/mol. The summed E-state index contributed by atoms with van der Waals surface area (Å²) in [5.74, 6) is 0.570. The number of amides is 1. The lowest BCUT2D eigenvalue weighted by Gasteiger charge is -2.26. The topological polar surface area (TPSA) is 50.4 Å². The molecule has 5 heteroatoms. The fourth-order valence-electron chi connectivity index (χ4n) is 2.20. The third-order valence-corrected chi connectivity index (χ3v) is 4.07. The number of rotatable bonds is 6. The van der Waals surface area contributed by atoms with Crippen LogP contribution in [0.1, 0.15) is 52.1 Å². The molecule has 0 fully saturated rings. The highest BCUT2D eigenvalue weighted by molar-refractivity contribution is 6.32. The SMILES string of the molecule is CCCNC1C(=O)Nc2cc(OC(C)(C)CC)c(Cl)cc21. The molecular formula is C16H23ClN2O2. The van der Waals surface area contributed by atoms with Crippen molar-refractivity contribution in [3.63, 3.8) is 0 Å². The first-order valence-corrected chi connectivity index (χ1v) is 7.82. The van der Waals surface area contributed by atoms with Gasteiger partial charge in [0, 0.05) is 17.3 Å². The van der Waals surface area contributed by atoms with Crippen molar-refractivity contribution in [2.45, 2.75) is 52.2 Å². The molecule has 0 radical (unpaired) electrons. The fourth-order valence-corrected chi connectivity index (χ4v) is 2.41. The maximum atomic E-state index is 12.0. The van der Waals surface area contributed by atoms with E-state index in [1.807, 2.05) is 26.0 Å². The predicted octanol–water partition coefficient (Wildman–Crippen LogP) is 3.90. The largest absolute Gasteiger partial charge is 0.486 e. The van der Waals surface area contributed by atoms with E-state index in [0.29, 0.717) is 10.8 Å². The molecule has 0 aliphatic carbocycles. The first-order valence-electron chi connectivity index (χ1n) is 7.44. The molecule has 1 aliphatic rings. The molecule has 0 saturated carbocycles. The van der Waals surface area contributed by atoms with E-state index in [0.717, 1.165) is 30.6 Å². The van der Waals surface area contributed by atoms with Crippen molar-refractivity contribution < 1.29 is 9.53 Å². The minimum atomic E-state index is -0.328. The number of nitrogens with one attached hydrogen (secondary N) is 2. The molecule has 1 aliphatic heterocycles. The Bertz CT molecular complexity index is 543. The number of hydrogen-bond donors (Lipinski definition) is 2. The van der Waals surface area contributed by atoms with Crippen LogP contribution in [0.4, 0.5) is 5.69 Å². The lowest BCUT2D eigenvalue weighted by atomic mass is 10.1. The van der Waals surface area contributed by atoms with E-state index in [4.69, 9.17) is 16.3 Å². The molecule has 1 unspecified atom stereocenters. The van der Waals surface area contributed by atoms with Crippen LogP contribution in [0.3, 0.4) is 0 Å². The number of ether oxygens (including phenoxy) is 1. The van der Waals surface area contributed by atoms with Gasteiger partial charge in [0.15, 0.2) is 0 Å². The van der Waals surface area contributed by atoms with Crippen LogP contribution in [0.15, 0.2) is 12.1 Å². The lowest BCUT2D eigenvalue weighted by molar-refractivity contribution is -0.117. The smallest absolute Gasteiger partial charge is 0.246 e. The molecular weight excluding hydrogens is 288 g/mol. The average Bonchev–Trinajstić information content (AvgIpc) is 2.72. The molecule has 4 nitrogen and oxygen atoms in total. The van der Waals surface area contributed by atoms with E-state index in [1.54, 1.807) is 0 Å². The molecule has 2 rings (SSSR count). The van der Waals surface area contributed by atoms with Crippen LogP contribution < -0.4 is 15.4 Å². The highest BCUT2D eigenvalue weighted by Gasteiger charge is 2.32. The van der Waals surface area contributed by atoms with Gasteiger partial charge in [0.2, 0.25) is 5.91 Å². The van der Waals surface area contributed by atoms with Gasteiger partial charge in [-0.15, -0.1) is 0 Å². The van der Waals surface area contributed by atoms with E-state index >= 15 is 0 Å². The molecule has 0 bridgehead atoms. The van der Waals surface area contributed by atoms with Crippen molar-refractivity contribution in [1.82, 2.24) is 5.32 Å². The first-order chi connectivity index (χ1) is 9.88. The van der Waals surface area contributed by atoms with Gasteiger partial charge in [-0.2, -0.15) is 0 Å². The summed E-state index contributed by atoms with van der Waals surface area (Å²) in [5.41, 5.74) is 1.38. The summed E-state index contributed by atoms with van der Waals surface area (Å²) in [6.07, 6.45) is 1.84. The summed E-state index contributed by atoms with van der Waals surface area (Å²) in [7, 11) is 0. The highest BCUT2D eigenvalue weighted by Crippen LogP contribution is 2.40. The summed E-state index contributed by atoms with van der Waals surface area (Å²) in [6.45, 7) is 8.95. The van der Waals surface area contributed by atoms with Crippen LogP contribution in [0, 0.1) is 0 Å². The molecule has 1 atom stereocenters. The van der Waals surface area contributed by atoms with Gasteiger partial charge >= 0.3 is 0 Å². The van der Waals surface area contributed by atoms with Gasteiger partial charge in [0.25, 0.3) is 0 Å². The second kappa shape index (κ2) is 6.24. The van der Waals surface area contributed by atoms with Gasteiger partial charge in [0.05, 0.1) is 5.02 Å². The van der Waals surface area contributed by atoms with Gasteiger partial charge < -0.3 is 15.4 Å². The third-order valence-electron chi connectivity index (χ3n) is 3.77. The van der Waals surface area contributed by atoms with Crippen LogP contribution in [0.2, 0.25) is 5.02 Å². The number of fused-ring (bicyclic) bond motifs is 1. The summed E-state index contributed by atoms with van der Waals surface area (Å²) in [4.78, 5) is 12.0. The zero-order valence-corrected chi connectivity index (χ0v) is 13.8. The van der Waals surface area contributed by atoms with E-state index < -0.39 is 0 Å². The minimum Gasteiger partial charge on any atom is -0.486 e. The Balaban J connectivity index is 2.28. The molecule has 116 valence electrons. The van der Waals surface area contributed by atoms with E-state index in [9.17, 15) is 4.79 Å². The molecule has 21 heavy (non-hydrogen) atoms. The summed E-state index contributed by atoms with van der Waals surface area (Å²) in [6, 6.07) is 3.31. The van der Waals surface area contributed by atoms with Gasteiger partial charge in [-0.25, -0.2) is 0 Å². The van der Waals surface area contributed by atoms with Gasteiger partial charge in [-0.3, -0.25) is 4.79 Å². The quantitative estimate of drug-likeness (QED) is 0.838. The van der Waals surface area contributed by atoms with Crippen LogP contribution in [0.25, 0.3) is 0 Å². The van der Waals surface area contributed by atoms with Crippen LogP contribution >= 0.6 is 11.6 Å². The zero-order chi connectivity index (χ0) is 15.6. The Labute approximate surface area is 131 Å². The number of carbonyl (C=O) groups excluding carboxylic acids is 1. The Morgan fingerprint density at radius 1 is 1.38 bits per heavy atom. The zero-order valence-electron chi connectivity index (χ0n) is 13.0. The van der Waals surface area contributed by atoms with E-state index in [-0.39, 0.29) is 17.6 Å². The van der Waals surface area contributed by atoms with Crippen LogP contribution in [-0.2, 0) is 4.79 Å². The van der Waals surface area contributed by atoms with Crippen molar-refractivity contribution in [3.8, 4) is 5.75 Å². The maximum Gasteiger partial charge on any atom is 0.246 e. The molecule has 1 heterocycles. The third kappa shape index (κ3) is 3.50. The number of carbonyl (C=O) groups is 1. The average molecular weight is 311 g/mol. The van der Waals surface area contributed by atoms with E-state index in [2.05, 4.69) is 24.5 Å². The highest BCUT2D eigenvalue weighted by atomic mass is 35.5. The Hall–Kier alpha value is -1.26. The summed E-state index contributed by atoms with van der Waals surface area (Å²) in [5, 5.41) is 6.66. The second-order valence-electron chi connectivity index (χ2n) is 5.96. The van der Waals surface area contributed by atoms with E-state index in [1.165, 1.54) is 0 Å². The van der Waals surface area contributed by atoms with Crippen LogP contribution in [0.5, 0.6) is 5.75 Å². The number of anilines is 1. The van der Waals surface area contributed by atoms with Crippen LogP contribution in [-0.4, -0.2) is 18.1 Å². The summed E-state index contributed by atoms with van der Waals surface area (Å²) < 4.78 is 5.96. The van der Waals surface area contributed by atoms with Crippen molar-refractivity contribution in [2.75, 3.05) is 11.9 Å².